The van der Waals surface area contributed by atoms with Gasteiger partial charge in [0.2, 0.25) is 0 Å². The van der Waals surface area contributed by atoms with Crippen LogP contribution in [0.15, 0.2) is 60.0 Å². The van der Waals surface area contributed by atoms with Crippen molar-refractivity contribution in [2.45, 2.75) is 45.4 Å². The molecule has 7 heteroatoms. The number of hydrogen-bond donors (Lipinski definition) is 1. The summed E-state index contributed by atoms with van der Waals surface area (Å²) in [7, 11) is 0. The number of nitrogens with one attached hydrogen (secondary N) is 1. The second-order valence-electron chi connectivity index (χ2n) is 8.06. The lowest BCUT2D eigenvalue weighted by atomic mass is 9.90. The van der Waals surface area contributed by atoms with Crippen molar-refractivity contribution in [3.63, 3.8) is 0 Å². The van der Waals surface area contributed by atoms with Gasteiger partial charge in [-0.25, -0.2) is 9.78 Å². The van der Waals surface area contributed by atoms with E-state index in [1.54, 1.807) is 6.92 Å². The van der Waals surface area contributed by atoms with E-state index in [4.69, 9.17) is 4.74 Å². The third kappa shape index (κ3) is 4.32. The largest absolute Gasteiger partial charge is 0.486 e. The van der Waals surface area contributed by atoms with Gasteiger partial charge in [-0.05, 0) is 36.1 Å². The summed E-state index contributed by atoms with van der Waals surface area (Å²) in [5.41, 5.74) is 1.54. The summed E-state index contributed by atoms with van der Waals surface area (Å²) < 4.78 is 5.72. The van der Waals surface area contributed by atoms with Gasteiger partial charge < -0.3 is 10.1 Å². The van der Waals surface area contributed by atoms with E-state index in [1.807, 2.05) is 60.0 Å². The first-order chi connectivity index (χ1) is 14.9. The fraction of sp³-hybridized carbons (Fsp3) is 0.292. The summed E-state index contributed by atoms with van der Waals surface area (Å²) in [5.74, 6) is 0.898. The predicted molar refractivity (Wildman–Crippen MR) is 120 cm³/mol. The Hall–Kier alpha value is -3.19. The number of amides is 3. The molecule has 0 aliphatic carbocycles. The molecule has 1 aromatic heterocycles. The molecule has 1 N–H and O–H groups in total. The molecule has 1 aliphatic rings. The fourth-order valence-corrected chi connectivity index (χ4v) is 4.25. The highest BCUT2D eigenvalue weighted by Gasteiger charge is 2.49. The number of rotatable bonds is 7. The van der Waals surface area contributed by atoms with E-state index in [0.29, 0.717) is 18.2 Å². The highest BCUT2D eigenvalue weighted by atomic mass is 32.1. The summed E-state index contributed by atoms with van der Waals surface area (Å²) >= 11 is 1.45. The molecule has 31 heavy (non-hydrogen) atoms. The van der Waals surface area contributed by atoms with E-state index >= 15 is 0 Å². The van der Waals surface area contributed by atoms with Crippen molar-refractivity contribution in [1.29, 1.82) is 0 Å². The number of hydrogen-bond acceptors (Lipinski definition) is 5. The van der Waals surface area contributed by atoms with Crippen LogP contribution in [0.1, 0.15) is 48.5 Å². The molecule has 4 rings (SSSR count). The van der Waals surface area contributed by atoms with E-state index in [-0.39, 0.29) is 12.5 Å². The van der Waals surface area contributed by atoms with Crippen LogP contribution >= 0.6 is 11.3 Å². The van der Waals surface area contributed by atoms with E-state index < -0.39 is 11.6 Å². The minimum absolute atomic E-state index is 0.131. The van der Waals surface area contributed by atoms with Gasteiger partial charge in [-0.3, -0.25) is 9.69 Å². The normalized spacial score (nSPS) is 18.5. The number of carbonyl (C=O) groups is 2. The topological polar surface area (TPSA) is 71.5 Å². The van der Waals surface area contributed by atoms with Gasteiger partial charge in [-0.2, -0.15) is 0 Å². The van der Waals surface area contributed by atoms with Crippen LogP contribution in [0.4, 0.5) is 4.79 Å². The van der Waals surface area contributed by atoms with Crippen molar-refractivity contribution in [2.75, 3.05) is 0 Å². The molecule has 3 amide bonds. The average Bonchev–Trinajstić information content (AvgIpc) is 3.31. The first kappa shape index (κ1) is 21.1. The van der Waals surface area contributed by atoms with Crippen LogP contribution in [0.3, 0.4) is 0 Å². The molecular formula is C24H25N3O3S. The number of carbonyl (C=O) groups excluding carboxylic acids is 2. The number of urea groups is 1. The van der Waals surface area contributed by atoms with Crippen LogP contribution < -0.4 is 10.1 Å². The van der Waals surface area contributed by atoms with Crippen LogP contribution in [0.25, 0.3) is 0 Å². The Kier molecular flexibility index (Phi) is 5.78. The monoisotopic (exact) mass is 435 g/mol. The maximum Gasteiger partial charge on any atom is 0.325 e. The summed E-state index contributed by atoms with van der Waals surface area (Å²) in [4.78, 5) is 31.5. The lowest BCUT2D eigenvalue weighted by Crippen LogP contribution is -2.40. The molecule has 6 nitrogen and oxygen atoms in total. The Morgan fingerprint density at radius 2 is 1.81 bits per heavy atom. The lowest BCUT2D eigenvalue weighted by Gasteiger charge is -2.22. The lowest BCUT2D eigenvalue weighted by molar-refractivity contribution is -0.131. The summed E-state index contributed by atoms with van der Waals surface area (Å²) in [6.07, 6.45) is 0. The molecule has 1 saturated heterocycles. The van der Waals surface area contributed by atoms with Gasteiger partial charge in [0.1, 0.15) is 22.9 Å². The number of aromatic nitrogens is 1. The second-order valence-corrected chi connectivity index (χ2v) is 9.00. The SMILES string of the molecule is CC(C)c1ccc(C2(C)NC(=O)N(Cc3csc(COc4ccccc4)n3)C2=O)cc1. The molecule has 1 aliphatic heterocycles. The van der Waals surface area contributed by atoms with E-state index in [2.05, 4.69) is 24.1 Å². The van der Waals surface area contributed by atoms with Gasteiger partial charge in [0.15, 0.2) is 0 Å². The summed E-state index contributed by atoms with van der Waals surface area (Å²) in [5, 5.41) is 5.51. The minimum Gasteiger partial charge on any atom is -0.486 e. The molecule has 160 valence electrons. The van der Waals surface area contributed by atoms with Gasteiger partial charge in [0, 0.05) is 5.38 Å². The number of thiazole rings is 1. The van der Waals surface area contributed by atoms with Gasteiger partial charge in [0.05, 0.1) is 12.2 Å². The van der Waals surface area contributed by atoms with Crippen LogP contribution in [-0.2, 0) is 23.5 Å². The van der Waals surface area contributed by atoms with Crippen molar-refractivity contribution in [1.82, 2.24) is 15.2 Å². The maximum absolute atomic E-state index is 13.2. The van der Waals surface area contributed by atoms with Gasteiger partial charge >= 0.3 is 6.03 Å². The number of benzene rings is 2. The third-order valence-corrected chi connectivity index (χ3v) is 6.33. The minimum atomic E-state index is -1.08. The number of imide groups is 1. The highest BCUT2D eigenvalue weighted by molar-refractivity contribution is 7.09. The smallest absolute Gasteiger partial charge is 0.325 e. The summed E-state index contributed by atoms with van der Waals surface area (Å²) in [6.45, 7) is 6.46. The van der Waals surface area contributed by atoms with Crippen LogP contribution in [0.5, 0.6) is 5.75 Å². The molecule has 0 spiro atoms. The standard InChI is InChI=1S/C24H25N3O3S/c1-16(2)17-9-11-18(12-10-17)24(3)22(28)27(23(29)26-24)13-19-15-31-21(25-19)14-30-20-7-5-4-6-8-20/h4-12,15-16H,13-14H2,1-3H3,(H,26,29). The second kappa shape index (κ2) is 8.51. The number of para-hydroxylation sites is 1. The molecule has 2 aromatic carbocycles. The molecule has 1 fully saturated rings. The van der Waals surface area contributed by atoms with Crippen molar-refractivity contribution in [3.8, 4) is 5.75 Å². The van der Waals surface area contributed by atoms with Gasteiger partial charge in [0.25, 0.3) is 5.91 Å². The number of ether oxygens (including phenoxy) is 1. The molecule has 0 saturated carbocycles. The van der Waals surface area contributed by atoms with Gasteiger partial charge in [-0.15, -0.1) is 11.3 Å². The molecule has 2 heterocycles. The summed E-state index contributed by atoms with van der Waals surface area (Å²) in [6, 6.07) is 17.0. The zero-order valence-corrected chi connectivity index (χ0v) is 18.6. The zero-order valence-electron chi connectivity index (χ0n) is 17.8. The zero-order chi connectivity index (χ0) is 22.0. The number of nitrogens with zero attached hydrogens (tertiary/aromatic N) is 2. The Balaban J connectivity index is 1.44. The van der Waals surface area contributed by atoms with Gasteiger partial charge in [-0.1, -0.05) is 56.3 Å². The van der Waals surface area contributed by atoms with Crippen LogP contribution in [0, 0.1) is 0 Å². The van der Waals surface area contributed by atoms with E-state index in [9.17, 15) is 9.59 Å². The Bertz CT molecular complexity index is 1080. The predicted octanol–water partition coefficient (Wildman–Crippen LogP) is 4.81. The Morgan fingerprint density at radius 1 is 1.10 bits per heavy atom. The quantitative estimate of drug-likeness (QED) is 0.541. The third-order valence-electron chi connectivity index (χ3n) is 5.45. The van der Waals surface area contributed by atoms with Crippen LogP contribution in [0.2, 0.25) is 0 Å². The average molecular weight is 436 g/mol. The molecule has 1 unspecified atom stereocenters. The first-order valence-electron chi connectivity index (χ1n) is 10.2. The van der Waals surface area contributed by atoms with Crippen molar-refractivity contribution >= 4 is 23.3 Å². The molecular weight excluding hydrogens is 410 g/mol. The van der Waals surface area contributed by atoms with E-state index in [1.165, 1.54) is 21.8 Å². The maximum atomic E-state index is 13.2. The van der Waals surface area contributed by atoms with Crippen LogP contribution in [-0.4, -0.2) is 21.8 Å². The molecule has 1 atom stereocenters. The van der Waals surface area contributed by atoms with Crippen molar-refractivity contribution in [2.24, 2.45) is 0 Å². The molecule has 0 bridgehead atoms. The molecule has 3 aromatic rings. The molecule has 0 radical (unpaired) electrons. The fourth-order valence-electron chi connectivity index (χ4n) is 3.55. The Labute approximate surface area is 185 Å². The van der Waals surface area contributed by atoms with Crippen molar-refractivity contribution in [3.05, 3.63) is 81.8 Å². The van der Waals surface area contributed by atoms with Crippen molar-refractivity contribution < 1.29 is 14.3 Å². The first-order valence-corrected chi connectivity index (χ1v) is 11.1. The van der Waals surface area contributed by atoms with E-state index in [0.717, 1.165) is 16.3 Å². The highest BCUT2D eigenvalue weighted by Crippen LogP contribution is 2.31. The Morgan fingerprint density at radius 3 is 2.48 bits per heavy atom.